The fourth-order valence-corrected chi connectivity index (χ4v) is 3.63. The lowest BCUT2D eigenvalue weighted by Gasteiger charge is -2.33. The summed E-state index contributed by atoms with van der Waals surface area (Å²) in [5.74, 6) is 1.89. The number of likely N-dealkylation sites (tertiary alicyclic amines) is 1. The third kappa shape index (κ3) is 4.78. The Hall–Kier alpha value is 0. The van der Waals surface area contributed by atoms with Gasteiger partial charge in [0.1, 0.15) is 0 Å². The quantitative estimate of drug-likeness (QED) is 0.448. The summed E-state index contributed by atoms with van der Waals surface area (Å²) in [5, 5.41) is 3.54. The summed E-state index contributed by atoms with van der Waals surface area (Å²) in [6.07, 6.45) is 9.79. The topological polar surface area (TPSA) is 27.6 Å². The van der Waals surface area contributed by atoms with Crippen molar-refractivity contribution in [1.29, 1.82) is 0 Å². The van der Waals surface area contributed by atoms with E-state index in [1.165, 1.54) is 58.0 Å². The molecule has 1 aliphatic carbocycles. The summed E-state index contributed by atoms with van der Waals surface area (Å²) >= 11 is 0. The van der Waals surface area contributed by atoms with Gasteiger partial charge < -0.3 is 10.2 Å². The van der Waals surface area contributed by atoms with Crippen molar-refractivity contribution in [3.8, 4) is 0 Å². The van der Waals surface area contributed by atoms with Gasteiger partial charge in [-0.15, -0.1) is 24.0 Å². The van der Waals surface area contributed by atoms with Crippen LogP contribution in [0.15, 0.2) is 4.99 Å². The van der Waals surface area contributed by atoms with Gasteiger partial charge in [-0.1, -0.05) is 33.1 Å². The molecule has 2 fully saturated rings. The Balaban J connectivity index is 0.00000200. The number of hydrogen-bond acceptors (Lipinski definition) is 1. The van der Waals surface area contributed by atoms with Gasteiger partial charge in [-0.25, -0.2) is 0 Å². The molecule has 0 bridgehead atoms. The standard InChI is InChI=1S/C16H31N3.HI/c1-14(2)7-11-18-15(17-3)19-12-10-16(13-19)8-5-4-6-9-16;/h14H,4-13H2,1-3H3,(H,17,18);1H. The Morgan fingerprint density at radius 2 is 1.90 bits per heavy atom. The van der Waals surface area contributed by atoms with E-state index in [-0.39, 0.29) is 24.0 Å². The first kappa shape index (κ1) is 18.1. The maximum absolute atomic E-state index is 4.48. The van der Waals surface area contributed by atoms with Gasteiger partial charge in [0.15, 0.2) is 5.96 Å². The second-order valence-corrected chi connectivity index (χ2v) is 6.89. The van der Waals surface area contributed by atoms with Crippen LogP contribution in [0, 0.1) is 11.3 Å². The molecule has 1 spiro atoms. The fourth-order valence-electron chi connectivity index (χ4n) is 3.63. The van der Waals surface area contributed by atoms with Crippen LogP contribution in [0.5, 0.6) is 0 Å². The van der Waals surface area contributed by atoms with E-state index in [4.69, 9.17) is 0 Å². The number of halogens is 1. The maximum Gasteiger partial charge on any atom is 0.193 e. The summed E-state index contributed by atoms with van der Waals surface area (Å²) < 4.78 is 0. The zero-order valence-corrected chi connectivity index (χ0v) is 15.8. The lowest BCUT2D eigenvalue weighted by molar-refractivity contribution is 0.203. The molecule has 0 aromatic rings. The number of aliphatic imine (C=N–C) groups is 1. The highest BCUT2D eigenvalue weighted by molar-refractivity contribution is 14.0. The summed E-state index contributed by atoms with van der Waals surface area (Å²) in [5.41, 5.74) is 0.619. The van der Waals surface area contributed by atoms with E-state index in [0.717, 1.165) is 18.4 Å². The Kier molecular flexibility index (Phi) is 7.62. The molecular formula is C16H32IN3. The van der Waals surface area contributed by atoms with Gasteiger partial charge in [0.25, 0.3) is 0 Å². The molecule has 0 amide bonds. The van der Waals surface area contributed by atoms with Gasteiger partial charge in [0, 0.05) is 26.7 Å². The Morgan fingerprint density at radius 3 is 2.50 bits per heavy atom. The number of hydrogen-bond donors (Lipinski definition) is 1. The van der Waals surface area contributed by atoms with Gasteiger partial charge in [0.2, 0.25) is 0 Å². The van der Waals surface area contributed by atoms with E-state index >= 15 is 0 Å². The zero-order valence-electron chi connectivity index (χ0n) is 13.5. The Morgan fingerprint density at radius 1 is 1.20 bits per heavy atom. The molecule has 1 saturated carbocycles. The normalized spacial score (nSPS) is 22.2. The maximum atomic E-state index is 4.48. The SMILES string of the molecule is CN=C(NCCC(C)C)N1CCC2(CCCCC2)C1.I. The highest BCUT2D eigenvalue weighted by atomic mass is 127. The summed E-state index contributed by atoms with van der Waals surface area (Å²) in [4.78, 5) is 6.97. The minimum atomic E-state index is 0. The van der Waals surface area contributed by atoms with Gasteiger partial charge in [0.05, 0.1) is 0 Å². The molecule has 0 radical (unpaired) electrons. The van der Waals surface area contributed by atoms with E-state index in [9.17, 15) is 0 Å². The van der Waals surface area contributed by atoms with Crippen molar-refractivity contribution in [3.63, 3.8) is 0 Å². The molecule has 1 N–H and O–H groups in total. The molecule has 2 rings (SSSR count). The highest BCUT2D eigenvalue weighted by Gasteiger charge is 2.39. The Bertz CT molecular complexity index is 309. The van der Waals surface area contributed by atoms with Crippen LogP contribution in [0.2, 0.25) is 0 Å². The minimum absolute atomic E-state index is 0. The number of nitrogens with one attached hydrogen (secondary N) is 1. The van der Waals surface area contributed by atoms with Crippen molar-refractivity contribution < 1.29 is 0 Å². The molecule has 2 aliphatic rings. The predicted octanol–water partition coefficient (Wildman–Crippen LogP) is 3.88. The molecular weight excluding hydrogens is 361 g/mol. The van der Waals surface area contributed by atoms with E-state index in [1.54, 1.807) is 0 Å². The molecule has 1 heterocycles. The third-order valence-electron chi connectivity index (χ3n) is 4.87. The van der Waals surface area contributed by atoms with Gasteiger partial charge in [-0.2, -0.15) is 0 Å². The van der Waals surface area contributed by atoms with Crippen LogP contribution >= 0.6 is 24.0 Å². The molecule has 0 atom stereocenters. The van der Waals surface area contributed by atoms with Crippen molar-refractivity contribution in [2.24, 2.45) is 16.3 Å². The highest BCUT2D eigenvalue weighted by Crippen LogP contribution is 2.43. The van der Waals surface area contributed by atoms with Crippen molar-refractivity contribution in [1.82, 2.24) is 10.2 Å². The van der Waals surface area contributed by atoms with Crippen LogP contribution in [-0.2, 0) is 0 Å². The average molecular weight is 393 g/mol. The lowest BCUT2D eigenvalue weighted by atomic mass is 9.73. The molecule has 1 aliphatic heterocycles. The van der Waals surface area contributed by atoms with Gasteiger partial charge in [-0.3, -0.25) is 4.99 Å². The van der Waals surface area contributed by atoms with Crippen LogP contribution in [0.4, 0.5) is 0 Å². The molecule has 1 saturated heterocycles. The van der Waals surface area contributed by atoms with Crippen molar-refractivity contribution in [3.05, 3.63) is 0 Å². The molecule has 0 aromatic heterocycles. The van der Waals surface area contributed by atoms with Crippen LogP contribution in [0.1, 0.15) is 58.8 Å². The molecule has 20 heavy (non-hydrogen) atoms. The molecule has 3 nitrogen and oxygen atoms in total. The first-order chi connectivity index (χ1) is 9.15. The fraction of sp³-hybridized carbons (Fsp3) is 0.938. The van der Waals surface area contributed by atoms with E-state index in [1.807, 2.05) is 7.05 Å². The van der Waals surface area contributed by atoms with Crippen molar-refractivity contribution >= 4 is 29.9 Å². The second kappa shape index (κ2) is 8.44. The van der Waals surface area contributed by atoms with Crippen LogP contribution in [-0.4, -0.2) is 37.5 Å². The number of guanidine groups is 1. The first-order valence-corrected chi connectivity index (χ1v) is 8.11. The summed E-state index contributed by atoms with van der Waals surface area (Å²) in [6.45, 7) is 8.03. The largest absolute Gasteiger partial charge is 0.356 e. The van der Waals surface area contributed by atoms with Crippen LogP contribution < -0.4 is 5.32 Å². The summed E-state index contributed by atoms with van der Waals surface area (Å²) in [6, 6.07) is 0. The van der Waals surface area contributed by atoms with Crippen molar-refractivity contribution in [2.75, 3.05) is 26.7 Å². The number of rotatable bonds is 3. The van der Waals surface area contributed by atoms with Gasteiger partial charge in [-0.05, 0) is 37.0 Å². The monoisotopic (exact) mass is 393 g/mol. The average Bonchev–Trinajstić information content (AvgIpc) is 2.79. The number of nitrogens with zero attached hydrogens (tertiary/aromatic N) is 2. The van der Waals surface area contributed by atoms with E-state index < -0.39 is 0 Å². The molecule has 118 valence electrons. The Labute approximate surface area is 142 Å². The van der Waals surface area contributed by atoms with E-state index in [2.05, 4.69) is 29.1 Å². The van der Waals surface area contributed by atoms with Crippen molar-refractivity contribution in [2.45, 2.75) is 58.8 Å². The minimum Gasteiger partial charge on any atom is -0.356 e. The summed E-state index contributed by atoms with van der Waals surface area (Å²) in [7, 11) is 1.92. The molecule has 0 aromatic carbocycles. The third-order valence-corrected chi connectivity index (χ3v) is 4.87. The van der Waals surface area contributed by atoms with Gasteiger partial charge >= 0.3 is 0 Å². The first-order valence-electron chi connectivity index (χ1n) is 8.11. The lowest BCUT2D eigenvalue weighted by Crippen LogP contribution is -2.42. The predicted molar refractivity (Wildman–Crippen MR) is 97.9 cm³/mol. The molecule has 0 unspecified atom stereocenters. The molecule has 4 heteroatoms. The second-order valence-electron chi connectivity index (χ2n) is 6.89. The van der Waals surface area contributed by atoms with Crippen LogP contribution in [0.25, 0.3) is 0 Å². The van der Waals surface area contributed by atoms with Crippen LogP contribution in [0.3, 0.4) is 0 Å². The smallest absolute Gasteiger partial charge is 0.193 e. The van der Waals surface area contributed by atoms with E-state index in [0.29, 0.717) is 5.41 Å². The zero-order chi connectivity index (χ0) is 13.7.